The molecule has 0 bridgehead atoms. The molecular formula is C18H16ClNO5. The highest BCUT2D eigenvalue weighted by atomic mass is 35.5. The fourth-order valence-electron chi connectivity index (χ4n) is 3.33. The van der Waals surface area contributed by atoms with E-state index in [2.05, 4.69) is 0 Å². The van der Waals surface area contributed by atoms with Crippen LogP contribution in [-0.4, -0.2) is 39.8 Å². The van der Waals surface area contributed by atoms with Crippen molar-refractivity contribution in [3.05, 3.63) is 58.6 Å². The molecule has 0 aliphatic carbocycles. The number of carboxylic acid groups (broad SMARTS) is 1. The number of aliphatic hydroxyl groups is 1. The Kier molecular flexibility index (Phi) is 4.18. The van der Waals surface area contributed by atoms with E-state index in [-0.39, 0.29) is 16.3 Å². The van der Waals surface area contributed by atoms with Crippen molar-refractivity contribution in [3.8, 4) is 5.75 Å². The molecule has 2 aromatic rings. The molecule has 2 unspecified atom stereocenters. The molecule has 0 fully saturated rings. The van der Waals surface area contributed by atoms with Gasteiger partial charge in [-0.3, -0.25) is 9.69 Å². The van der Waals surface area contributed by atoms with E-state index in [0.29, 0.717) is 11.3 Å². The second kappa shape index (κ2) is 6.06. The quantitative estimate of drug-likeness (QED) is 0.775. The van der Waals surface area contributed by atoms with Gasteiger partial charge in [0, 0.05) is 16.3 Å². The zero-order valence-electron chi connectivity index (χ0n) is 13.3. The maximum absolute atomic E-state index is 13.3. The molecule has 1 amide bonds. The zero-order chi connectivity index (χ0) is 18.4. The van der Waals surface area contributed by atoms with Gasteiger partial charge in [-0.15, -0.1) is 0 Å². The molecule has 130 valence electrons. The van der Waals surface area contributed by atoms with Gasteiger partial charge in [0.25, 0.3) is 0 Å². The van der Waals surface area contributed by atoms with Crippen LogP contribution in [0.15, 0.2) is 42.5 Å². The molecule has 0 spiro atoms. The number of halogens is 1. The summed E-state index contributed by atoms with van der Waals surface area (Å²) in [5.41, 5.74) is -0.578. The van der Waals surface area contributed by atoms with E-state index in [4.69, 9.17) is 11.6 Å². The second-order valence-corrected chi connectivity index (χ2v) is 6.37. The molecule has 6 nitrogen and oxygen atoms in total. The normalized spacial score (nSPS) is 20.4. The highest BCUT2D eigenvalue weighted by Gasteiger charge is 2.54. The van der Waals surface area contributed by atoms with Crippen LogP contribution in [0, 0.1) is 0 Å². The number of carbonyl (C=O) groups excluding carboxylic acids is 1. The fourth-order valence-corrected chi connectivity index (χ4v) is 3.50. The summed E-state index contributed by atoms with van der Waals surface area (Å²) < 4.78 is 0. The average Bonchev–Trinajstić information content (AvgIpc) is 2.83. The lowest BCUT2D eigenvalue weighted by Crippen LogP contribution is -2.49. The minimum atomic E-state index is -1.59. The largest absolute Gasteiger partial charge is 0.508 e. The Bertz CT molecular complexity index is 868. The number of phenolic OH excluding ortho intramolecular Hbond substituents is 1. The zero-order valence-corrected chi connectivity index (χ0v) is 14.1. The maximum atomic E-state index is 13.3. The number of carboxylic acids is 1. The van der Waals surface area contributed by atoms with Crippen LogP contribution in [0.5, 0.6) is 5.75 Å². The van der Waals surface area contributed by atoms with Crippen molar-refractivity contribution in [2.24, 2.45) is 0 Å². The third kappa shape index (κ3) is 2.37. The second-order valence-electron chi connectivity index (χ2n) is 5.93. The smallest absolute Gasteiger partial charge is 0.326 e. The molecule has 3 rings (SSSR count). The number of aliphatic carboxylic acids is 1. The molecule has 1 heterocycles. The number of fused-ring (bicyclic) bond motifs is 1. The van der Waals surface area contributed by atoms with Crippen molar-refractivity contribution in [2.45, 2.75) is 18.4 Å². The average molecular weight is 362 g/mol. The van der Waals surface area contributed by atoms with Gasteiger partial charge in [-0.2, -0.15) is 0 Å². The van der Waals surface area contributed by atoms with Crippen molar-refractivity contribution < 1.29 is 24.9 Å². The molecule has 25 heavy (non-hydrogen) atoms. The molecule has 1 aliphatic heterocycles. The lowest BCUT2D eigenvalue weighted by Gasteiger charge is -2.29. The Hall–Kier alpha value is -2.57. The minimum Gasteiger partial charge on any atom is -0.508 e. The topological polar surface area (TPSA) is 98.1 Å². The number of anilines is 1. The molecule has 0 saturated carbocycles. The van der Waals surface area contributed by atoms with Gasteiger partial charge in [0.05, 0.1) is 6.61 Å². The molecule has 0 radical (unpaired) electrons. The van der Waals surface area contributed by atoms with Crippen LogP contribution in [0.25, 0.3) is 0 Å². The standard InChI is InChI=1S/C18H16ClNO5/c1-10(16(23)24)20-14-5-3-2-4-12(14)18(9-21,17(20)25)13-7-6-11(19)8-15(13)22/h2-8,10,21-22H,9H2,1H3,(H,23,24). The number of rotatable bonds is 4. The molecule has 2 atom stereocenters. The molecular weight excluding hydrogens is 346 g/mol. The molecule has 7 heteroatoms. The number of hydrogen-bond donors (Lipinski definition) is 3. The summed E-state index contributed by atoms with van der Waals surface area (Å²) in [5.74, 6) is -2.02. The highest BCUT2D eigenvalue weighted by molar-refractivity contribution is 6.30. The first-order valence-electron chi connectivity index (χ1n) is 7.60. The number of hydrogen-bond acceptors (Lipinski definition) is 4. The number of nitrogens with zero attached hydrogens (tertiary/aromatic N) is 1. The number of para-hydroxylation sites is 1. The van der Waals surface area contributed by atoms with Gasteiger partial charge in [0.15, 0.2) is 0 Å². The molecule has 1 aliphatic rings. The minimum absolute atomic E-state index is 0.178. The fraction of sp³-hybridized carbons (Fsp3) is 0.222. The van der Waals surface area contributed by atoms with Gasteiger partial charge in [-0.25, -0.2) is 4.79 Å². The first kappa shape index (κ1) is 17.3. The predicted octanol–water partition coefficient (Wildman–Crippen LogP) is 2.14. The van der Waals surface area contributed by atoms with Crippen molar-refractivity contribution in [1.82, 2.24) is 0 Å². The van der Waals surface area contributed by atoms with Crippen molar-refractivity contribution in [1.29, 1.82) is 0 Å². The van der Waals surface area contributed by atoms with Crippen molar-refractivity contribution in [3.63, 3.8) is 0 Å². The number of aromatic hydroxyl groups is 1. The lowest BCUT2D eigenvalue weighted by atomic mass is 9.75. The van der Waals surface area contributed by atoms with Crippen LogP contribution in [0.4, 0.5) is 5.69 Å². The maximum Gasteiger partial charge on any atom is 0.326 e. The Morgan fingerprint density at radius 1 is 1.24 bits per heavy atom. The van der Waals surface area contributed by atoms with E-state index < -0.39 is 29.9 Å². The number of aliphatic hydroxyl groups excluding tert-OH is 1. The van der Waals surface area contributed by atoms with Crippen LogP contribution in [0.1, 0.15) is 18.1 Å². The predicted molar refractivity (Wildman–Crippen MR) is 92.0 cm³/mol. The summed E-state index contributed by atoms with van der Waals surface area (Å²) in [6.45, 7) is 0.771. The summed E-state index contributed by atoms with van der Waals surface area (Å²) in [7, 11) is 0. The van der Waals surface area contributed by atoms with Gasteiger partial charge in [0.2, 0.25) is 5.91 Å². The number of amides is 1. The Balaban J connectivity index is 2.30. The molecule has 0 aromatic heterocycles. The van der Waals surface area contributed by atoms with Gasteiger partial charge in [-0.05, 0) is 30.7 Å². The summed E-state index contributed by atoms with van der Waals surface area (Å²) >= 11 is 5.87. The Morgan fingerprint density at radius 2 is 1.92 bits per heavy atom. The van der Waals surface area contributed by atoms with Crippen LogP contribution >= 0.6 is 11.6 Å². The van der Waals surface area contributed by atoms with Crippen LogP contribution in [0.2, 0.25) is 5.02 Å². The van der Waals surface area contributed by atoms with E-state index in [0.717, 1.165) is 4.90 Å². The Morgan fingerprint density at radius 3 is 2.52 bits per heavy atom. The SMILES string of the molecule is CC(C(=O)O)N1C(=O)C(CO)(c2ccc(Cl)cc2O)c2ccccc21. The first-order valence-corrected chi connectivity index (χ1v) is 7.98. The first-order chi connectivity index (χ1) is 11.8. The number of phenols is 1. The summed E-state index contributed by atoms with van der Waals surface area (Å²) in [6, 6.07) is 9.78. The van der Waals surface area contributed by atoms with E-state index in [1.807, 2.05) is 0 Å². The third-order valence-corrected chi connectivity index (χ3v) is 4.84. The summed E-state index contributed by atoms with van der Waals surface area (Å²) in [6.07, 6.45) is 0. The van der Waals surface area contributed by atoms with Gasteiger partial charge >= 0.3 is 5.97 Å². The van der Waals surface area contributed by atoms with E-state index in [1.54, 1.807) is 24.3 Å². The lowest BCUT2D eigenvalue weighted by molar-refractivity contribution is -0.140. The molecule has 2 aromatic carbocycles. The summed E-state index contributed by atoms with van der Waals surface area (Å²) in [4.78, 5) is 25.9. The molecule has 3 N–H and O–H groups in total. The molecule has 0 saturated heterocycles. The monoisotopic (exact) mass is 361 g/mol. The van der Waals surface area contributed by atoms with Crippen molar-refractivity contribution in [2.75, 3.05) is 11.5 Å². The van der Waals surface area contributed by atoms with E-state index in [9.17, 15) is 24.9 Å². The Labute approximate surface area is 148 Å². The third-order valence-electron chi connectivity index (χ3n) is 4.61. The number of carbonyl (C=O) groups is 2. The number of benzene rings is 2. The van der Waals surface area contributed by atoms with Crippen molar-refractivity contribution >= 4 is 29.2 Å². The summed E-state index contributed by atoms with van der Waals surface area (Å²) in [5, 5.41) is 30.2. The van der Waals surface area contributed by atoms with E-state index >= 15 is 0 Å². The van der Waals surface area contributed by atoms with Gasteiger partial charge in [-0.1, -0.05) is 35.9 Å². The van der Waals surface area contributed by atoms with Gasteiger partial charge < -0.3 is 15.3 Å². The van der Waals surface area contributed by atoms with Gasteiger partial charge in [0.1, 0.15) is 17.2 Å². The van der Waals surface area contributed by atoms with Crippen LogP contribution < -0.4 is 4.90 Å². The highest BCUT2D eigenvalue weighted by Crippen LogP contribution is 2.49. The van der Waals surface area contributed by atoms with Crippen LogP contribution in [0.3, 0.4) is 0 Å². The van der Waals surface area contributed by atoms with Crippen LogP contribution in [-0.2, 0) is 15.0 Å². The van der Waals surface area contributed by atoms with E-state index in [1.165, 1.54) is 25.1 Å².